The fourth-order valence-electron chi connectivity index (χ4n) is 4.18. The van der Waals surface area contributed by atoms with E-state index in [-0.39, 0.29) is 35.8 Å². The Labute approximate surface area is 201 Å². The molecule has 3 N–H and O–H groups in total. The number of carbonyl (C=O) groups excluding carboxylic acids is 1. The number of anilines is 2. The highest BCUT2D eigenvalue weighted by molar-refractivity contribution is 14.0. The van der Waals surface area contributed by atoms with Gasteiger partial charge in [0.2, 0.25) is 5.91 Å². The van der Waals surface area contributed by atoms with Gasteiger partial charge in [0.1, 0.15) is 5.82 Å². The monoisotopic (exact) mass is 534 g/mol. The second-order valence-corrected chi connectivity index (χ2v) is 7.91. The maximum absolute atomic E-state index is 12.0. The lowest BCUT2D eigenvalue weighted by Crippen LogP contribution is -2.40. The van der Waals surface area contributed by atoms with Crippen LogP contribution in [0.2, 0.25) is 0 Å². The van der Waals surface area contributed by atoms with Gasteiger partial charge < -0.3 is 20.9 Å². The van der Waals surface area contributed by atoms with Gasteiger partial charge in [-0.1, -0.05) is 18.2 Å². The van der Waals surface area contributed by atoms with E-state index in [0.29, 0.717) is 19.5 Å². The molecule has 1 aromatic carbocycles. The first kappa shape index (κ1) is 23.3. The molecular weight excluding hydrogens is 503 g/mol. The molecule has 3 heterocycles. The van der Waals surface area contributed by atoms with Crippen LogP contribution in [0.1, 0.15) is 42.7 Å². The Morgan fingerprint density at radius 3 is 2.81 bits per heavy atom. The van der Waals surface area contributed by atoms with E-state index in [0.717, 1.165) is 30.6 Å². The number of guanidine groups is 1. The number of rotatable bonds is 5. The van der Waals surface area contributed by atoms with Crippen LogP contribution in [-0.4, -0.2) is 43.5 Å². The molecule has 31 heavy (non-hydrogen) atoms. The van der Waals surface area contributed by atoms with Crippen LogP contribution in [0.3, 0.4) is 0 Å². The number of para-hydroxylation sites is 1. The molecule has 0 aliphatic carbocycles. The Hall–Kier alpha value is -2.36. The van der Waals surface area contributed by atoms with Crippen LogP contribution in [0.4, 0.5) is 11.5 Å². The minimum absolute atomic E-state index is 0. The molecule has 0 radical (unpaired) electrons. The number of fused-ring (bicyclic) bond motifs is 1. The lowest BCUT2D eigenvalue weighted by Gasteiger charge is -2.28. The van der Waals surface area contributed by atoms with Crippen LogP contribution in [0.15, 0.2) is 47.6 Å². The van der Waals surface area contributed by atoms with Crippen molar-refractivity contribution in [2.24, 2.45) is 4.99 Å². The minimum atomic E-state index is 0. The van der Waals surface area contributed by atoms with Crippen LogP contribution in [0, 0.1) is 0 Å². The number of halogens is 1. The van der Waals surface area contributed by atoms with Crippen molar-refractivity contribution in [2.45, 2.75) is 38.1 Å². The number of pyridine rings is 1. The summed E-state index contributed by atoms with van der Waals surface area (Å²) in [5.41, 5.74) is 3.25. The summed E-state index contributed by atoms with van der Waals surface area (Å²) in [5.74, 6) is 1.97. The average molecular weight is 534 g/mol. The summed E-state index contributed by atoms with van der Waals surface area (Å²) in [4.78, 5) is 23.3. The molecule has 8 heteroatoms. The molecule has 0 bridgehead atoms. The van der Waals surface area contributed by atoms with Gasteiger partial charge in [-0.3, -0.25) is 9.79 Å². The summed E-state index contributed by atoms with van der Waals surface area (Å²) in [6.45, 7) is 3.50. The Bertz CT molecular complexity index is 912. The maximum Gasteiger partial charge on any atom is 0.225 e. The van der Waals surface area contributed by atoms with Crippen molar-refractivity contribution in [3.63, 3.8) is 0 Å². The topological polar surface area (TPSA) is 81.7 Å². The van der Waals surface area contributed by atoms with E-state index in [9.17, 15) is 4.79 Å². The number of piperidine rings is 1. The third-order valence-electron chi connectivity index (χ3n) is 5.80. The van der Waals surface area contributed by atoms with Crippen molar-refractivity contribution >= 4 is 47.3 Å². The molecule has 1 aromatic heterocycles. The van der Waals surface area contributed by atoms with Gasteiger partial charge in [0.25, 0.3) is 0 Å². The van der Waals surface area contributed by atoms with Crippen LogP contribution < -0.4 is 20.9 Å². The fourth-order valence-corrected chi connectivity index (χ4v) is 4.18. The van der Waals surface area contributed by atoms with E-state index in [1.807, 2.05) is 30.5 Å². The Balaban J connectivity index is 0.00000272. The first-order valence-corrected chi connectivity index (χ1v) is 10.8. The van der Waals surface area contributed by atoms with Crippen LogP contribution in [-0.2, 0) is 11.3 Å². The van der Waals surface area contributed by atoms with Crippen LogP contribution in [0.5, 0.6) is 0 Å². The van der Waals surface area contributed by atoms with Gasteiger partial charge in [-0.05, 0) is 48.6 Å². The van der Waals surface area contributed by atoms with Crippen molar-refractivity contribution in [3.05, 3.63) is 53.7 Å². The second kappa shape index (κ2) is 11.3. The molecule has 2 aromatic rings. The summed E-state index contributed by atoms with van der Waals surface area (Å²) in [5, 5.41) is 9.71. The standard InChI is InChI=1S/C23H30N6O.HI/c1-24-23(27-16-18-14-22(30)28-20-8-4-3-7-19(18)20)26-15-17-9-10-25-21(13-17)29-11-5-2-6-12-29;/h3-4,7-10,13,18H,2,5-6,11-12,14-16H2,1H3,(H,28,30)(H2,24,26,27);1H. The van der Waals surface area contributed by atoms with Crippen molar-refractivity contribution in [1.82, 2.24) is 15.6 Å². The SMILES string of the molecule is CN=C(NCc1ccnc(N2CCCCC2)c1)NCC1CC(=O)Nc2ccccc21.I. The highest BCUT2D eigenvalue weighted by Crippen LogP contribution is 2.31. The summed E-state index contributed by atoms with van der Waals surface area (Å²) >= 11 is 0. The smallest absolute Gasteiger partial charge is 0.225 e. The van der Waals surface area contributed by atoms with E-state index in [1.54, 1.807) is 7.05 Å². The number of benzene rings is 1. The second-order valence-electron chi connectivity index (χ2n) is 7.91. The number of nitrogens with zero attached hydrogens (tertiary/aromatic N) is 3. The molecule has 0 spiro atoms. The quantitative estimate of drug-likeness (QED) is 0.311. The molecule has 166 valence electrons. The molecule has 1 fully saturated rings. The molecule has 1 atom stereocenters. The Morgan fingerprint density at radius 2 is 2.00 bits per heavy atom. The third kappa shape index (κ3) is 6.09. The van der Waals surface area contributed by atoms with Crippen LogP contribution >= 0.6 is 24.0 Å². The lowest BCUT2D eigenvalue weighted by atomic mass is 9.90. The average Bonchev–Trinajstić information content (AvgIpc) is 2.79. The fraction of sp³-hybridized carbons (Fsp3) is 0.435. The third-order valence-corrected chi connectivity index (χ3v) is 5.80. The molecule has 2 aliphatic rings. The molecule has 1 unspecified atom stereocenters. The minimum Gasteiger partial charge on any atom is -0.357 e. The Morgan fingerprint density at radius 1 is 1.19 bits per heavy atom. The molecule has 4 rings (SSSR count). The first-order chi connectivity index (χ1) is 14.7. The zero-order chi connectivity index (χ0) is 20.8. The summed E-state index contributed by atoms with van der Waals surface area (Å²) in [7, 11) is 1.77. The molecule has 0 saturated carbocycles. The van der Waals surface area contributed by atoms with E-state index >= 15 is 0 Å². The number of aromatic nitrogens is 1. The van der Waals surface area contributed by atoms with Crippen molar-refractivity contribution in [3.8, 4) is 0 Å². The zero-order valence-electron chi connectivity index (χ0n) is 17.9. The van der Waals surface area contributed by atoms with Gasteiger partial charge in [-0.15, -0.1) is 24.0 Å². The van der Waals surface area contributed by atoms with E-state index < -0.39 is 0 Å². The van der Waals surface area contributed by atoms with Gasteiger partial charge >= 0.3 is 0 Å². The predicted molar refractivity (Wildman–Crippen MR) is 136 cm³/mol. The van der Waals surface area contributed by atoms with Crippen LogP contribution in [0.25, 0.3) is 0 Å². The van der Waals surface area contributed by atoms with Gasteiger partial charge in [0.05, 0.1) is 0 Å². The van der Waals surface area contributed by atoms with E-state index in [1.165, 1.54) is 30.4 Å². The zero-order valence-corrected chi connectivity index (χ0v) is 20.3. The number of aliphatic imine (C=N–C) groups is 1. The summed E-state index contributed by atoms with van der Waals surface area (Å²) in [6.07, 6.45) is 6.15. The first-order valence-electron chi connectivity index (χ1n) is 10.8. The number of nitrogens with one attached hydrogen (secondary N) is 3. The number of hydrogen-bond acceptors (Lipinski definition) is 4. The Kier molecular flexibility index (Phi) is 8.51. The predicted octanol–water partition coefficient (Wildman–Crippen LogP) is 3.48. The van der Waals surface area contributed by atoms with Crippen molar-refractivity contribution in [2.75, 3.05) is 36.9 Å². The molecular formula is C23H31IN6O. The summed E-state index contributed by atoms with van der Waals surface area (Å²) < 4.78 is 0. The van der Waals surface area contributed by atoms with Crippen molar-refractivity contribution in [1.29, 1.82) is 0 Å². The molecule has 2 aliphatic heterocycles. The molecule has 1 saturated heterocycles. The lowest BCUT2D eigenvalue weighted by molar-refractivity contribution is -0.116. The number of hydrogen-bond donors (Lipinski definition) is 3. The number of carbonyl (C=O) groups is 1. The van der Waals surface area contributed by atoms with Gasteiger partial charge in [0.15, 0.2) is 5.96 Å². The van der Waals surface area contributed by atoms with E-state index in [4.69, 9.17) is 0 Å². The van der Waals surface area contributed by atoms with E-state index in [2.05, 4.69) is 43.0 Å². The highest BCUT2D eigenvalue weighted by atomic mass is 127. The van der Waals surface area contributed by atoms with Gasteiger partial charge in [-0.2, -0.15) is 0 Å². The number of amides is 1. The van der Waals surface area contributed by atoms with Crippen molar-refractivity contribution < 1.29 is 4.79 Å². The highest BCUT2D eigenvalue weighted by Gasteiger charge is 2.24. The van der Waals surface area contributed by atoms with Gasteiger partial charge in [0, 0.05) is 57.4 Å². The normalized spacial score (nSPS) is 18.5. The van der Waals surface area contributed by atoms with Gasteiger partial charge in [-0.25, -0.2) is 4.98 Å². The maximum atomic E-state index is 12.0. The molecule has 1 amide bonds. The largest absolute Gasteiger partial charge is 0.357 e. The molecule has 7 nitrogen and oxygen atoms in total. The summed E-state index contributed by atoms with van der Waals surface area (Å²) in [6, 6.07) is 12.2.